The van der Waals surface area contributed by atoms with Gasteiger partial charge >= 0.3 is 0 Å². The lowest BCUT2D eigenvalue weighted by Crippen LogP contribution is -2.30. The number of carbonyl (C=O) groups excluding carboxylic acids is 2. The molecule has 1 aliphatic carbocycles. The number of amides is 2. The Bertz CT molecular complexity index is 1090. The molecule has 28 heavy (non-hydrogen) atoms. The van der Waals surface area contributed by atoms with Crippen LogP contribution in [0.2, 0.25) is 0 Å². The molecule has 3 heterocycles. The van der Waals surface area contributed by atoms with E-state index in [0.29, 0.717) is 10.5 Å². The lowest BCUT2D eigenvalue weighted by atomic mass is 9.88. The molecular formula is C22H19N3O2S. The van der Waals surface area contributed by atoms with Crippen molar-refractivity contribution in [1.82, 2.24) is 10.3 Å². The van der Waals surface area contributed by atoms with Crippen LogP contribution in [0.15, 0.2) is 48.7 Å². The van der Waals surface area contributed by atoms with Crippen molar-refractivity contribution in [3.63, 3.8) is 0 Å². The van der Waals surface area contributed by atoms with Gasteiger partial charge < -0.3 is 15.6 Å². The zero-order valence-corrected chi connectivity index (χ0v) is 15.9. The molecule has 140 valence electrons. The molecule has 1 atom stereocenters. The normalized spacial score (nSPS) is 19.2. The number of aromatic nitrogens is 1. The Kier molecular flexibility index (Phi) is 4.13. The van der Waals surface area contributed by atoms with Gasteiger partial charge in [-0.05, 0) is 54.7 Å². The van der Waals surface area contributed by atoms with E-state index in [-0.39, 0.29) is 17.9 Å². The van der Waals surface area contributed by atoms with Crippen LogP contribution in [-0.4, -0.2) is 16.8 Å². The van der Waals surface area contributed by atoms with Crippen molar-refractivity contribution in [3.8, 4) is 0 Å². The highest BCUT2D eigenvalue weighted by molar-refractivity contribution is 7.18. The molecule has 1 aliphatic heterocycles. The van der Waals surface area contributed by atoms with Crippen LogP contribution in [0.1, 0.15) is 50.9 Å². The lowest BCUT2D eigenvalue weighted by Gasteiger charge is -2.26. The van der Waals surface area contributed by atoms with E-state index in [0.717, 1.165) is 35.5 Å². The summed E-state index contributed by atoms with van der Waals surface area (Å²) in [6, 6.07) is 14.0. The summed E-state index contributed by atoms with van der Waals surface area (Å²) < 4.78 is 0. The third-order valence-electron chi connectivity index (χ3n) is 5.31. The summed E-state index contributed by atoms with van der Waals surface area (Å²) in [5, 5.41) is 6.79. The molecule has 1 aromatic carbocycles. The quantitative estimate of drug-likeness (QED) is 0.582. The summed E-state index contributed by atoms with van der Waals surface area (Å²) in [5.74, 6) is -0.224. The maximum atomic E-state index is 12.9. The van der Waals surface area contributed by atoms with Gasteiger partial charge in [-0.25, -0.2) is 0 Å². The van der Waals surface area contributed by atoms with Crippen LogP contribution < -0.4 is 10.6 Å². The summed E-state index contributed by atoms with van der Waals surface area (Å²) in [7, 11) is 0. The second-order valence-electron chi connectivity index (χ2n) is 7.11. The molecule has 0 saturated heterocycles. The maximum Gasteiger partial charge on any atom is 0.261 e. The molecule has 0 saturated carbocycles. The van der Waals surface area contributed by atoms with E-state index >= 15 is 0 Å². The number of rotatable bonds is 3. The third kappa shape index (κ3) is 2.96. The average molecular weight is 389 g/mol. The van der Waals surface area contributed by atoms with Crippen LogP contribution in [0.5, 0.6) is 0 Å². The van der Waals surface area contributed by atoms with Gasteiger partial charge in [0.2, 0.25) is 0 Å². The van der Waals surface area contributed by atoms with Gasteiger partial charge in [-0.3, -0.25) is 9.59 Å². The molecule has 2 aliphatic rings. The molecule has 0 spiro atoms. The zero-order chi connectivity index (χ0) is 19.1. The number of thiophene rings is 1. The highest BCUT2D eigenvalue weighted by Crippen LogP contribution is 2.40. The standard InChI is InChI=1S/C22H19N3O2S/c26-20-16(11-14-7-4-10-23-14)17-12-19(28-22(17)25-20)21(27)24-18-9-3-6-13-5-1-2-8-15(13)18/h1-2,4-5,7-8,10-12,18,23H,3,6,9H2,(H,24,27)(H,25,26)/b16-11+/t18-/m1/s1. The molecule has 0 unspecified atom stereocenters. The number of fused-ring (bicyclic) bond motifs is 2. The van der Waals surface area contributed by atoms with Crippen LogP contribution in [0.25, 0.3) is 11.6 Å². The third-order valence-corrected chi connectivity index (χ3v) is 6.36. The first-order valence-electron chi connectivity index (χ1n) is 9.38. The predicted molar refractivity (Wildman–Crippen MR) is 111 cm³/mol. The van der Waals surface area contributed by atoms with E-state index < -0.39 is 0 Å². The van der Waals surface area contributed by atoms with Crippen LogP contribution >= 0.6 is 11.3 Å². The zero-order valence-electron chi connectivity index (χ0n) is 15.1. The summed E-state index contributed by atoms with van der Waals surface area (Å²) in [5.41, 5.74) is 4.76. The summed E-state index contributed by atoms with van der Waals surface area (Å²) in [6.07, 6.45) is 6.71. The highest BCUT2D eigenvalue weighted by atomic mass is 32.1. The molecule has 5 nitrogen and oxygen atoms in total. The first-order valence-corrected chi connectivity index (χ1v) is 10.2. The number of H-pyrrole nitrogens is 1. The Balaban J connectivity index is 1.40. The van der Waals surface area contributed by atoms with E-state index in [1.807, 2.05) is 42.6 Å². The van der Waals surface area contributed by atoms with Crippen molar-refractivity contribution in [2.75, 3.05) is 5.32 Å². The van der Waals surface area contributed by atoms with Crippen LogP contribution in [0.3, 0.4) is 0 Å². The molecular weight excluding hydrogens is 370 g/mol. The van der Waals surface area contributed by atoms with Gasteiger partial charge in [0.05, 0.1) is 16.5 Å². The van der Waals surface area contributed by atoms with Crippen molar-refractivity contribution < 1.29 is 9.59 Å². The Morgan fingerprint density at radius 2 is 2.11 bits per heavy atom. The summed E-state index contributed by atoms with van der Waals surface area (Å²) >= 11 is 1.33. The van der Waals surface area contributed by atoms with Crippen molar-refractivity contribution in [3.05, 3.63) is 75.9 Å². The van der Waals surface area contributed by atoms with Crippen molar-refractivity contribution in [2.45, 2.75) is 25.3 Å². The Hall–Kier alpha value is -3.12. The molecule has 2 amide bonds. The molecule has 0 bridgehead atoms. The number of anilines is 1. The summed E-state index contributed by atoms with van der Waals surface area (Å²) in [4.78, 5) is 28.9. The Morgan fingerprint density at radius 3 is 2.96 bits per heavy atom. The number of carbonyl (C=O) groups is 2. The Labute approximate surface area is 166 Å². The van der Waals surface area contributed by atoms with Gasteiger partial charge in [-0.1, -0.05) is 24.3 Å². The number of aryl methyl sites for hydroxylation is 1. The van der Waals surface area contributed by atoms with Gasteiger partial charge in [-0.2, -0.15) is 0 Å². The smallest absolute Gasteiger partial charge is 0.261 e. The maximum absolute atomic E-state index is 12.9. The monoisotopic (exact) mass is 389 g/mol. The predicted octanol–water partition coefficient (Wildman–Crippen LogP) is 4.38. The Morgan fingerprint density at radius 1 is 1.21 bits per heavy atom. The largest absolute Gasteiger partial charge is 0.362 e. The fourth-order valence-electron chi connectivity index (χ4n) is 3.95. The van der Waals surface area contributed by atoms with Crippen molar-refractivity contribution >= 4 is 39.8 Å². The molecule has 0 radical (unpaired) electrons. The minimum Gasteiger partial charge on any atom is -0.362 e. The molecule has 6 heteroatoms. The molecule has 0 fully saturated rings. The number of nitrogens with one attached hydrogen (secondary N) is 3. The van der Waals surface area contributed by atoms with Crippen LogP contribution in [-0.2, 0) is 11.2 Å². The van der Waals surface area contributed by atoms with Gasteiger partial charge in [0.25, 0.3) is 11.8 Å². The van der Waals surface area contributed by atoms with E-state index in [9.17, 15) is 9.59 Å². The summed E-state index contributed by atoms with van der Waals surface area (Å²) in [6.45, 7) is 0. The number of hydrogen-bond donors (Lipinski definition) is 3. The van der Waals surface area contributed by atoms with Crippen molar-refractivity contribution in [1.29, 1.82) is 0 Å². The van der Waals surface area contributed by atoms with E-state index in [4.69, 9.17) is 0 Å². The highest BCUT2D eigenvalue weighted by Gasteiger charge is 2.29. The van der Waals surface area contributed by atoms with Gasteiger partial charge in [0.1, 0.15) is 5.00 Å². The topological polar surface area (TPSA) is 74.0 Å². The first kappa shape index (κ1) is 17.0. The fourth-order valence-corrected chi connectivity index (χ4v) is 4.93. The average Bonchev–Trinajstić information content (AvgIpc) is 3.41. The van der Waals surface area contributed by atoms with Crippen LogP contribution in [0.4, 0.5) is 5.00 Å². The number of hydrogen-bond acceptors (Lipinski definition) is 3. The minimum atomic E-state index is -0.135. The van der Waals surface area contributed by atoms with E-state index in [1.165, 1.54) is 22.5 Å². The van der Waals surface area contributed by atoms with Gasteiger partial charge in [0.15, 0.2) is 0 Å². The molecule has 3 N–H and O–H groups in total. The minimum absolute atomic E-state index is 0.0397. The second kappa shape index (κ2) is 6.80. The number of aromatic amines is 1. The van der Waals surface area contributed by atoms with E-state index in [2.05, 4.69) is 27.8 Å². The lowest BCUT2D eigenvalue weighted by molar-refractivity contribution is -0.110. The second-order valence-corrected chi connectivity index (χ2v) is 8.16. The van der Waals surface area contributed by atoms with Gasteiger partial charge in [0, 0.05) is 17.5 Å². The number of benzene rings is 1. The van der Waals surface area contributed by atoms with Crippen LogP contribution in [0, 0.1) is 0 Å². The SMILES string of the molecule is O=C1Nc2sc(C(=O)N[C@@H]3CCCc4ccccc43)cc2/C1=C\c1ccc[nH]1. The molecule has 2 aromatic heterocycles. The molecule has 3 aromatic rings. The molecule has 5 rings (SSSR count). The van der Waals surface area contributed by atoms with E-state index in [1.54, 1.807) is 0 Å². The fraction of sp³-hybridized carbons (Fsp3) is 0.182. The van der Waals surface area contributed by atoms with Crippen molar-refractivity contribution in [2.24, 2.45) is 0 Å². The van der Waals surface area contributed by atoms with Gasteiger partial charge in [-0.15, -0.1) is 11.3 Å². The first-order chi connectivity index (χ1) is 13.7.